The number of carbonyl (C=O) groups is 1. The molecule has 15 heavy (non-hydrogen) atoms. The molecule has 0 saturated carbocycles. The Hall–Kier alpha value is -0.260. The molecular formula is C10H22N2O2S. The Bertz CT molecular complexity index is 190. The lowest BCUT2D eigenvalue weighted by molar-refractivity contribution is -0.123. The number of hydrogen-bond acceptors (Lipinski definition) is 4. The van der Waals surface area contributed by atoms with E-state index >= 15 is 0 Å². The first-order valence-corrected chi connectivity index (χ1v) is 6.46. The summed E-state index contributed by atoms with van der Waals surface area (Å²) in [6.45, 7) is 4.86. The number of nitrogens with two attached hydrogens (primary N) is 1. The number of primary amides is 1. The Balaban J connectivity index is 3.96. The topological polar surface area (TPSA) is 75.3 Å². The van der Waals surface area contributed by atoms with Crippen molar-refractivity contribution in [1.29, 1.82) is 0 Å². The largest absolute Gasteiger partial charge is 0.396 e. The molecule has 0 aromatic rings. The van der Waals surface area contributed by atoms with Crippen molar-refractivity contribution in [2.45, 2.75) is 32.2 Å². The van der Waals surface area contributed by atoms with Crippen molar-refractivity contribution in [3.8, 4) is 0 Å². The summed E-state index contributed by atoms with van der Waals surface area (Å²) in [5, 5.41) is 11.8. The van der Waals surface area contributed by atoms with Crippen molar-refractivity contribution in [3.63, 3.8) is 0 Å². The second kappa shape index (κ2) is 7.96. The normalized spacial score (nSPS) is 14.9. The Kier molecular flexibility index (Phi) is 7.82. The van der Waals surface area contributed by atoms with Crippen LogP contribution < -0.4 is 11.1 Å². The molecule has 0 bridgehead atoms. The van der Waals surface area contributed by atoms with Crippen LogP contribution in [0, 0.1) is 0 Å². The number of thioether (sulfide) groups is 1. The molecule has 1 atom stereocenters. The van der Waals surface area contributed by atoms with E-state index in [0.717, 1.165) is 18.7 Å². The number of hydrogen-bond donors (Lipinski definition) is 3. The SMILES string of the molecule is CCCNC(C)(CCSCCO)C(N)=O. The van der Waals surface area contributed by atoms with E-state index in [1.807, 2.05) is 6.92 Å². The summed E-state index contributed by atoms with van der Waals surface area (Å²) in [5.41, 5.74) is 4.75. The maximum absolute atomic E-state index is 11.3. The van der Waals surface area contributed by atoms with Gasteiger partial charge < -0.3 is 16.2 Å². The summed E-state index contributed by atoms with van der Waals surface area (Å²) in [5.74, 6) is 1.24. The van der Waals surface area contributed by atoms with Crippen LogP contribution in [-0.4, -0.2) is 41.2 Å². The monoisotopic (exact) mass is 234 g/mol. The quantitative estimate of drug-likeness (QED) is 0.503. The van der Waals surface area contributed by atoms with E-state index in [1.165, 1.54) is 0 Å². The Morgan fingerprint density at radius 3 is 2.67 bits per heavy atom. The maximum atomic E-state index is 11.3. The summed E-state index contributed by atoms with van der Waals surface area (Å²) in [4.78, 5) is 11.3. The predicted molar refractivity (Wildman–Crippen MR) is 64.9 cm³/mol. The van der Waals surface area contributed by atoms with Crippen LogP contribution in [-0.2, 0) is 4.79 Å². The summed E-state index contributed by atoms with van der Waals surface area (Å²) in [6, 6.07) is 0. The molecule has 0 aliphatic heterocycles. The molecular weight excluding hydrogens is 212 g/mol. The van der Waals surface area contributed by atoms with Crippen LogP contribution in [0.3, 0.4) is 0 Å². The van der Waals surface area contributed by atoms with Gasteiger partial charge in [-0.05, 0) is 32.1 Å². The smallest absolute Gasteiger partial charge is 0.237 e. The molecule has 5 heteroatoms. The van der Waals surface area contributed by atoms with Gasteiger partial charge in [-0.2, -0.15) is 11.8 Å². The van der Waals surface area contributed by atoms with Crippen molar-refractivity contribution < 1.29 is 9.90 Å². The molecule has 90 valence electrons. The zero-order chi connectivity index (χ0) is 11.7. The van der Waals surface area contributed by atoms with Gasteiger partial charge in [0.15, 0.2) is 0 Å². The number of rotatable bonds is 9. The Morgan fingerprint density at radius 1 is 1.53 bits per heavy atom. The van der Waals surface area contributed by atoms with Crippen molar-refractivity contribution in [2.24, 2.45) is 5.73 Å². The highest BCUT2D eigenvalue weighted by Gasteiger charge is 2.29. The lowest BCUT2D eigenvalue weighted by Crippen LogP contribution is -2.53. The van der Waals surface area contributed by atoms with E-state index in [0.29, 0.717) is 12.2 Å². The maximum Gasteiger partial charge on any atom is 0.237 e. The van der Waals surface area contributed by atoms with Crippen LogP contribution in [0.15, 0.2) is 0 Å². The standard InChI is InChI=1S/C10H22N2O2S/c1-3-5-12-10(2,9(11)14)4-7-15-8-6-13/h12-13H,3-8H2,1-2H3,(H2,11,14). The molecule has 4 nitrogen and oxygen atoms in total. The van der Waals surface area contributed by atoms with Gasteiger partial charge in [-0.3, -0.25) is 4.79 Å². The zero-order valence-corrected chi connectivity index (χ0v) is 10.4. The van der Waals surface area contributed by atoms with Crippen molar-refractivity contribution in [3.05, 3.63) is 0 Å². The number of aliphatic hydroxyl groups is 1. The van der Waals surface area contributed by atoms with E-state index in [-0.39, 0.29) is 12.5 Å². The van der Waals surface area contributed by atoms with Gasteiger partial charge in [0.25, 0.3) is 0 Å². The van der Waals surface area contributed by atoms with Crippen LogP contribution in [0.25, 0.3) is 0 Å². The van der Waals surface area contributed by atoms with Gasteiger partial charge >= 0.3 is 0 Å². The number of carbonyl (C=O) groups excluding carboxylic acids is 1. The molecule has 1 unspecified atom stereocenters. The number of aliphatic hydroxyl groups excluding tert-OH is 1. The highest BCUT2D eigenvalue weighted by Crippen LogP contribution is 2.13. The molecule has 0 radical (unpaired) electrons. The molecule has 4 N–H and O–H groups in total. The van der Waals surface area contributed by atoms with E-state index in [2.05, 4.69) is 12.2 Å². The van der Waals surface area contributed by atoms with Gasteiger partial charge in [-0.25, -0.2) is 0 Å². The number of amides is 1. The molecule has 0 saturated heterocycles. The van der Waals surface area contributed by atoms with Crippen LogP contribution in [0.1, 0.15) is 26.7 Å². The van der Waals surface area contributed by atoms with E-state index in [9.17, 15) is 4.79 Å². The van der Waals surface area contributed by atoms with Crippen LogP contribution in [0.2, 0.25) is 0 Å². The molecule has 0 spiro atoms. The third-order valence-corrected chi connectivity index (χ3v) is 3.26. The first kappa shape index (κ1) is 14.7. The highest BCUT2D eigenvalue weighted by molar-refractivity contribution is 7.99. The van der Waals surface area contributed by atoms with Gasteiger partial charge in [0.2, 0.25) is 5.91 Å². The highest BCUT2D eigenvalue weighted by atomic mass is 32.2. The lowest BCUT2D eigenvalue weighted by atomic mass is 9.98. The first-order chi connectivity index (χ1) is 7.06. The van der Waals surface area contributed by atoms with Crippen LogP contribution >= 0.6 is 11.8 Å². The first-order valence-electron chi connectivity index (χ1n) is 5.30. The minimum Gasteiger partial charge on any atom is -0.396 e. The van der Waals surface area contributed by atoms with Gasteiger partial charge in [0.1, 0.15) is 0 Å². The van der Waals surface area contributed by atoms with Gasteiger partial charge in [-0.1, -0.05) is 6.92 Å². The second-order valence-electron chi connectivity index (χ2n) is 3.71. The summed E-state index contributed by atoms with van der Waals surface area (Å²) >= 11 is 1.63. The van der Waals surface area contributed by atoms with Crippen LogP contribution in [0.4, 0.5) is 0 Å². The molecule has 0 aromatic carbocycles. The van der Waals surface area contributed by atoms with Crippen molar-refractivity contribution in [2.75, 3.05) is 24.7 Å². The molecule has 0 aliphatic rings. The van der Waals surface area contributed by atoms with Gasteiger partial charge in [-0.15, -0.1) is 0 Å². The van der Waals surface area contributed by atoms with E-state index in [1.54, 1.807) is 11.8 Å². The molecule has 0 rings (SSSR count). The predicted octanol–water partition coefficient (Wildman–Crippen LogP) is 0.346. The second-order valence-corrected chi connectivity index (χ2v) is 4.93. The Morgan fingerprint density at radius 2 is 2.20 bits per heavy atom. The fraction of sp³-hybridized carbons (Fsp3) is 0.900. The molecule has 1 amide bonds. The van der Waals surface area contributed by atoms with E-state index in [4.69, 9.17) is 10.8 Å². The number of nitrogens with one attached hydrogen (secondary N) is 1. The van der Waals surface area contributed by atoms with Gasteiger partial charge in [0.05, 0.1) is 12.1 Å². The molecule has 0 fully saturated rings. The zero-order valence-electron chi connectivity index (χ0n) is 9.58. The van der Waals surface area contributed by atoms with Crippen molar-refractivity contribution in [1.82, 2.24) is 5.32 Å². The average molecular weight is 234 g/mol. The molecule has 0 heterocycles. The van der Waals surface area contributed by atoms with Gasteiger partial charge in [0, 0.05) is 5.75 Å². The van der Waals surface area contributed by atoms with Crippen LogP contribution in [0.5, 0.6) is 0 Å². The molecule has 0 aliphatic carbocycles. The molecule has 0 aromatic heterocycles. The third-order valence-electron chi connectivity index (χ3n) is 2.29. The fourth-order valence-corrected chi connectivity index (χ4v) is 2.03. The minimum atomic E-state index is -0.613. The Labute approximate surface area is 96.0 Å². The fourth-order valence-electron chi connectivity index (χ4n) is 1.14. The van der Waals surface area contributed by atoms with E-state index < -0.39 is 5.54 Å². The summed E-state index contributed by atoms with van der Waals surface area (Å²) in [7, 11) is 0. The van der Waals surface area contributed by atoms with Crippen molar-refractivity contribution >= 4 is 17.7 Å². The summed E-state index contributed by atoms with van der Waals surface area (Å²) in [6.07, 6.45) is 1.68. The lowest BCUT2D eigenvalue weighted by Gasteiger charge is -2.27. The summed E-state index contributed by atoms with van der Waals surface area (Å²) < 4.78 is 0. The average Bonchev–Trinajstić information content (AvgIpc) is 2.21. The third kappa shape index (κ3) is 6.02. The minimum absolute atomic E-state index is 0.181.